The molecule has 3 nitrogen and oxygen atoms in total. The van der Waals surface area contributed by atoms with E-state index in [-0.39, 0.29) is 6.10 Å². The van der Waals surface area contributed by atoms with E-state index in [1.165, 1.54) is 135 Å². The van der Waals surface area contributed by atoms with Crippen molar-refractivity contribution in [3.8, 4) is 0 Å². The molecule has 0 radical (unpaired) electrons. The highest BCUT2D eigenvalue weighted by Crippen LogP contribution is 2.13. The standard InChI is InChI=1S/C29H60O3/c1-3-4-5-6-7-8-13-16-19-22-25-31-26-23-20-17-14-11-9-10-12-15-18-21-24-27-32-28-29(2)30/h29-30H,3-28H2,1-2H3. The second-order valence-electron chi connectivity index (χ2n) is 9.96. The summed E-state index contributed by atoms with van der Waals surface area (Å²) in [6.45, 7) is 7.29. The summed E-state index contributed by atoms with van der Waals surface area (Å²) < 4.78 is 11.2. The van der Waals surface area contributed by atoms with Gasteiger partial charge in [0.05, 0.1) is 12.7 Å². The van der Waals surface area contributed by atoms with Gasteiger partial charge in [0.2, 0.25) is 0 Å². The van der Waals surface area contributed by atoms with Gasteiger partial charge in [-0.15, -0.1) is 0 Å². The van der Waals surface area contributed by atoms with Crippen molar-refractivity contribution in [2.24, 2.45) is 0 Å². The summed E-state index contributed by atoms with van der Waals surface area (Å²) in [4.78, 5) is 0. The van der Waals surface area contributed by atoms with E-state index in [2.05, 4.69) is 6.92 Å². The van der Waals surface area contributed by atoms with Crippen LogP contribution in [-0.2, 0) is 9.47 Å². The Balaban J connectivity index is 3.00. The van der Waals surface area contributed by atoms with Gasteiger partial charge >= 0.3 is 0 Å². The average Bonchev–Trinajstić information content (AvgIpc) is 2.78. The topological polar surface area (TPSA) is 38.7 Å². The SMILES string of the molecule is CCCCCCCCCCCCOCCCCCCCCCCCCCCOCC(C)O. The van der Waals surface area contributed by atoms with Crippen LogP contribution in [0.5, 0.6) is 0 Å². The molecule has 0 heterocycles. The van der Waals surface area contributed by atoms with Crippen molar-refractivity contribution in [1.82, 2.24) is 0 Å². The maximum absolute atomic E-state index is 9.11. The third-order valence-corrected chi connectivity index (χ3v) is 6.33. The van der Waals surface area contributed by atoms with E-state index >= 15 is 0 Å². The number of hydrogen-bond acceptors (Lipinski definition) is 3. The molecular weight excluding hydrogens is 396 g/mol. The molecular formula is C29H60O3. The molecule has 0 fully saturated rings. The molecule has 0 saturated heterocycles. The summed E-state index contributed by atoms with van der Waals surface area (Å²) in [6.07, 6.45) is 29.7. The van der Waals surface area contributed by atoms with Crippen molar-refractivity contribution in [3.05, 3.63) is 0 Å². The molecule has 3 heteroatoms. The average molecular weight is 457 g/mol. The Bertz CT molecular complexity index is 320. The first-order valence-corrected chi connectivity index (χ1v) is 14.6. The summed E-state index contributed by atoms with van der Waals surface area (Å²) in [5.41, 5.74) is 0. The van der Waals surface area contributed by atoms with Crippen molar-refractivity contribution in [2.45, 2.75) is 161 Å². The van der Waals surface area contributed by atoms with Crippen LogP contribution in [0, 0.1) is 0 Å². The van der Waals surface area contributed by atoms with Crippen LogP contribution < -0.4 is 0 Å². The van der Waals surface area contributed by atoms with Crippen molar-refractivity contribution in [1.29, 1.82) is 0 Å². The first-order valence-electron chi connectivity index (χ1n) is 14.6. The summed E-state index contributed by atoms with van der Waals surface area (Å²) in [6, 6.07) is 0. The summed E-state index contributed by atoms with van der Waals surface area (Å²) in [5, 5.41) is 9.11. The van der Waals surface area contributed by atoms with E-state index in [4.69, 9.17) is 14.6 Å². The molecule has 0 aromatic carbocycles. The maximum atomic E-state index is 9.11. The summed E-state index contributed by atoms with van der Waals surface area (Å²) >= 11 is 0. The fraction of sp³-hybridized carbons (Fsp3) is 1.00. The van der Waals surface area contributed by atoms with Crippen LogP contribution in [-0.4, -0.2) is 37.6 Å². The van der Waals surface area contributed by atoms with Gasteiger partial charge in [0.15, 0.2) is 0 Å². The Morgan fingerprint density at radius 2 is 0.719 bits per heavy atom. The molecule has 1 unspecified atom stereocenters. The van der Waals surface area contributed by atoms with Crippen molar-refractivity contribution >= 4 is 0 Å². The highest BCUT2D eigenvalue weighted by molar-refractivity contribution is 4.50. The molecule has 194 valence electrons. The second-order valence-corrected chi connectivity index (χ2v) is 9.96. The third kappa shape index (κ3) is 29.9. The van der Waals surface area contributed by atoms with Crippen molar-refractivity contribution in [3.63, 3.8) is 0 Å². The van der Waals surface area contributed by atoms with Crippen LogP contribution in [0.1, 0.15) is 155 Å². The van der Waals surface area contributed by atoms with E-state index in [0.29, 0.717) is 6.61 Å². The van der Waals surface area contributed by atoms with Crippen LogP contribution in [0.3, 0.4) is 0 Å². The normalized spacial score (nSPS) is 12.5. The van der Waals surface area contributed by atoms with Gasteiger partial charge < -0.3 is 14.6 Å². The summed E-state index contributed by atoms with van der Waals surface area (Å²) in [5.74, 6) is 0. The van der Waals surface area contributed by atoms with Gasteiger partial charge in [0.1, 0.15) is 0 Å². The quantitative estimate of drug-likeness (QED) is 0.119. The van der Waals surface area contributed by atoms with E-state index in [1.807, 2.05) is 0 Å². The molecule has 32 heavy (non-hydrogen) atoms. The second kappa shape index (κ2) is 28.9. The first-order chi connectivity index (χ1) is 15.8. The lowest BCUT2D eigenvalue weighted by Gasteiger charge is -2.06. The zero-order valence-electron chi connectivity index (χ0n) is 22.2. The molecule has 1 N–H and O–H groups in total. The van der Waals surface area contributed by atoms with Gasteiger partial charge in [-0.3, -0.25) is 0 Å². The van der Waals surface area contributed by atoms with Crippen LogP contribution in [0.25, 0.3) is 0 Å². The molecule has 0 aliphatic heterocycles. The Morgan fingerprint density at radius 1 is 0.438 bits per heavy atom. The van der Waals surface area contributed by atoms with Crippen molar-refractivity contribution in [2.75, 3.05) is 26.4 Å². The number of unbranched alkanes of at least 4 members (excludes halogenated alkanes) is 20. The van der Waals surface area contributed by atoms with Gasteiger partial charge in [-0.05, 0) is 26.2 Å². The highest BCUT2D eigenvalue weighted by atomic mass is 16.5. The van der Waals surface area contributed by atoms with Crippen LogP contribution in [0.2, 0.25) is 0 Å². The van der Waals surface area contributed by atoms with Crippen LogP contribution in [0.4, 0.5) is 0 Å². The molecule has 0 spiro atoms. The Labute approximate surface area is 202 Å². The molecule has 0 aliphatic carbocycles. The molecule has 0 rings (SSSR count). The zero-order valence-corrected chi connectivity index (χ0v) is 22.2. The smallest absolute Gasteiger partial charge is 0.0745 e. The minimum atomic E-state index is -0.331. The fourth-order valence-corrected chi connectivity index (χ4v) is 4.22. The lowest BCUT2D eigenvalue weighted by Crippen LogP contribution is -2.10. The molecule has 0 aliphatic rings. The number of aliphatic hydroxyl groups is 1. The third-order valence-electron chi connectivity index (χ3n) is 6.33. The Morgan fingerprint density at radius 3 is 1.03 bits per heavy atom. The van der Waals surface area contributed by atoms with Crippen LogP contribution in [0.15, 0.2) is 0 Å². The predicted molar refractivity (Wildman–Crippen MR) is 141 cm³/mol. The largest absolute Gasteiger partial charge is 0.391 e. The van der Waals surface area contributed by atoms with Crippen molar-refractivity contribution < 1.29 is 14.6 Å². The number of ether oxygens (including phenoxy) is 2. The lowest BCUT2D eigenvalue weighted by molar-refractivity contribution is 0.0445. The first kappa shape index (κ1) is 31.9. The summed E-state index contributed by atoms with van der Waals surface area (Å²) in [7, 11) is 0. The number of aliphatic hydroxyl groups excluding tert-OH is 1. The predicted octanol–water partition coefficient (Wildman–Crippen LogP) is 9.00. The van der Waals surface area contributed by atoms with E-state index < -0.39 is 0 Å². The van der Waals surface area contributed by atoms with Gasteiger partial charge in [-0.2, -0.15) is 0 Å². The molecule has 0 bridgehead atoms. The molecule has 1 atom stereocenters. The van der Waals surface area contributed by atoms with Gasteiger partial charge in [0.25, 0.3) is 0 Å². The number of hydrogen-bond donors (Lipinski definition) is 1. The number of rotatable bonds is 28. The Hall–Kier alpha value is -0.120. The zero-order chi connectivity index (χ0) is 23.4. The maximum Gasteiger partial charge on any atom is 0.0745 e. The lowest BCUT2D eigenvalue weighted by atomic mass is 10.1. The Kier molecular flexibility index (Phi) is 28.8. The van der Waals surface area contributed by atoms with Gasteiger partial charge in [-0.1, -0.05) is 129 Å². The van der Waals surface area contributed by atoms with Gasteiger partial charge in [0, 0.05) is 19.8 Å². The fourth-order valence-electron chi connectivity index (χ4n) is 4.22. The monoisotopic (exact) mass is 456 g/mol. The van der Waals surface area contributed by atoms with Crippen LogP contribution >= 0.6 is 0 Å². The minimum absolute atomic E-state index is 0.331. The van der Waals surface area contributed by atoms with E-state index in [9.17, 15) is 0 Å². The van der Waals surface area contributed by atoms with E-state index in [1.54, 1.807) is 6.92 Å². The molecule has 0 aromatic heterocycles. The minimum Gasteiger partial charge on any atom is -0.391 e. The van der Waals surface area contributed by atoms with Gasteiger partial charge in [-0.25, -0.2) is 0 Å². The molecule has 0 saturated carbocycles. The molecule has 0 aromatic rings. The highest BCUT2D eigenvalue weighted by Gasteiger charge is 1.97. The molecule has 0 amide bonds. The van der Waals surface area contributed by atoms with E-state index in [0.717, 1.165) is 26.2 Å².